The zero-order valence-corrected chi connectivity index (χ0v) is 12.5. The summed E-state index contributed by atoms with van der Waals surface area (Å²) >= 11 is 0. The van der Waals surface area contributed by atoms with E-state index < -0.39 is 11.6 Å². The second-order valence-electron chi connectivity index (χ2n) is 6.23. The minimum Gasteiger partial charge on any atom is -0.370 e. The fourth-order valence-corrected chi connectivity index (χ4v) is 3.71. The minimum atomic E-state index is -0.554. The third kappa shape index (κ3) is 2.56. The molecule has 2 aromatic rings. The second kappa shape index (κ2) is 5.33. The summed E-state index contributed by atoms with van der Waals surface area (Å²) in [5.74, 6) is 0.774. The van der Waals surface area contributed by atoms with E-state index in [0.29, 0.717) is 24.3 Å². The highest BCUT2D eigenvalue weighted by Gasteiger charge is 2.54. The fraction of sp³-hybridized carbons (Fsp3) is 0.278. The molecule has 2 aromatic carbocycles. The molecule has 0 saturated heterocycles. The molecule has 0 spiro atoms. The fourth-order valence-electron chi connectivity index (χ4n) is 3.71. The van der Waals surface area contributed by atoms with Crippen LogP contribution in [0.15, 0.2) is 47.5 Å². The quantitative estimate of drug-likeness (QED) is 0.675. The predicted molar refractivity (Wildman–Crippen MR) is 86.3 cm³/mol. The molecule has 3 atom stereocenters. The van der Waals surface area contributed by atoms with E-state index in [2.05, 4.69) is 34.6 Å². The van der Waals surface area contributed by atoms with E-state index >= 15 is 0 Å². The summed E-state index contributed by atoms with van der Waals surface area (Å²) in [5.41, 5.74) is 8.67. The largest absolute Gasteiger partial charge is 0.370 e. The van der Waals surface area contributed by atoms with E-state index in [1.807, 2.05) is 0 Å². The van der Waals surface area contributed by atoms with Crippen molar-refractivity contribution < 1.29 is 8.78 Å². The van der Waals surface area contributed by atoms with Crippen molar-refractivity contribution in [3.05, 3.63) is 65.2 Å². The molecule has 118 valence electrons. The number of guanidine groups is 1. The van der Waals surface area contributed by atoms with Gasteiger partial charge in [-0.1, -0.05) is 24.3 Å². The van der Waals surface area contributed by atoms with E-state index in [0.717, 1.165) is 24.6 Å². The van der Waals surface area contributed by atoms with E-state index in [1.165, 1.54) is 11.1 Å². The molecule has 23 heavy (non-hydrogen) atoms. The van der Waals surface area contributed by atoms with Crippen LogP contribution >= 0.6 is 0 Å². The lowest BCUT2D eigenvalue weighted by atomic mass is 10.0. The van der Waals surface area contributed by atoms with Crippen molar-refractivity contribution in [2.24, 2.45) is 22.6 Å². The second-order valence-corrected chi connectivity index (χ2v) is 6.23. The molecule has 1 fully saturated rings. The van der Waals surface area contributed by atoms with Gasteiger partial charge in [0.15, 0.2) is 5.96 Å². The highest BCUT2D eigenvalue weighted by molar-refractivity contribution is 5.92. The van der Waals surface area contributed by atoms with Gasteiger partial charge in [-0.3, -0.25) is 4.99 Å². The van der Waals surface area contributed by atoms with Crippen molar-refractivity contribution in [3.8, 4) is 0 Å². The summed E-state index contributed by atoms with van der Waals surface area (Å²) in [7, 11) is 0. The average molecular weight is 313 g/mol. The first-order chi connectivity index (χ1) is 11.1. The van der Waals surface area contributed by atoms with Gasteiger partial charge >= 0.3 is 0 Å². The molecular formula is C18H17F2N3. The molecule has 0 heterocycles. The number of nitrogens with one attached hydrogen (secondary N) is 1. The van der Waals surface area contributed by atoms with E-state index in [9.17, 15) is 8.78 Å². The lowest BCUT2D eigenvalue weighted by Gasteiger charge is -2.08. The molecule has 3 nitrogen and oxygen atoms in total. The van der Waals surface area contributed by atoms with Gasteiger partial charge in [0.1, 0.15) is 11.6 Å². The van der Waals surface area contributed by atoms with Crippen LogP contribution in [0.5, 0.6) is 0 Å². The Morgan fingerprint density at radius 2 is 2.04 bits per heavy atom. The first-order valence-corrected chi connectivity index (χ1v) is 7.73. The van der Waals surface area contributed by atoms with Crippen molar-refractivity contribution in [1.82, 2.24) is 0 Å². The van der Waals surface area contributed by atoms with Crippen molar-refractivity contribution in [3.63, 3.8) is 0 Å². The first kappa shape index (κ1) is 14.2. The third-order valence-electron chi connectivity index (χ3n) is 4.87. The van der Waals surface area contributed by atoms with Crippen LogP contribution in [0, 0.1) is 23.5 Å². The van der Waals surface area contributed by atoms with Crippen LogP contribution in [0.25, 0.3) is 0 Å². The third-order valence-corrected chi connectivity index (χ3v) is 4.87. The highest BCUT2D eigenvalue weighted by atomic mass is 19.1. The summed E-state index contributed by atoms with van der Waals surface area (Å²) < 4.78 is 26.7. The number of aliphatic imine (C=N–C) groups is 1. The van der Waals surface area contributed by atoms with Gasteiger partial charge in [0.05, 0.1) is 5.69 Å². The predicted octanol–water partition coefficient (Wildman–Crippen LogP) is 3.28. The summed E-state index contributed by atoms with van der Waals surface area (Å²) in [6.07, 6.45) is 1.10. The van der Waals surface area contributed by atoms with Crippen molar-refractivity contribution >= 4 is 11.6 Å². The summed E-state index contributed by atoms with van der Waals surface area (Å²) in [6, 6.07) is 11.7. The Hall–Kier alpha value is -2.43. The Balaban J connectivity index is 1.40. The Morgan fingerprint density at radius 1 is 1.22 bits per heavy atom. The van der Waals surface area contributed by atoms with Crippen LogP contribution in [0.1, 0.15) is 17.0 Å². The Morgan fingerprint density at radius 3 is 2.91 bits per heavy atom. The maximum atomic E-state index is 13.6. The smallest absolute Gasteiger partial charge is 0.193 e. The van der Waals surface area contributed by atoms with Crippen LogP contribution in [0.2, 0.25) is 0 Å². The normalized spacial score (nSPS) is 25.0. The van der Waals surface area contributed by atoms with Crippen molar-refractivity contribution in [2.75, 3.05) is 11.9 Å². The van der Waals surface area contributed by atoms with Crippen LogP contribution in [0.3, 0.4) is 0 Å². The maximum Gasteiger partial charge on any atom is 0.193 e. The number of halogens is 2. The zero-order valence-electron chi connectivity index (χ0n) is 12.5. The van der Waals surface area contributed by atoms with Gasteiger partial charge in [-0.25, -0.2) is 8.78 Å². The average Bonchev–Trinajstić information content (AvgIpc) is 3.07. The number of rotatable bonds is 3. The zero-order chi connectivity index (χ0) is 16.0. The van der Waals surface area contributed by atoms with Gasteiger partial charge in [-0.2, -0.15) is 0 Å². The number of anilines is 1. The molecule has 4 rings (SSSR count). The van der Waals surface area contributed by atoms with Crippen LogP contribution in [-0.4, -0.2) is 12.5 Å². The van der Waals surface area contributed by atoms with Gasteiger partial charge in [0.25, 0.3) is 0 Å². The molecule has 0 amide bonds. The Kier molecular flexibility index (Phi) is 3.29. The summed E-state index contributed by atoms with van der Waals surface area (Å²) in [4.78, 5) is 4.30. The molecule has 2 aliphatic rings. The molecule has 0 aliphatic heterocycles. The van der Waals surface area contributed by atoms with Gasteiger partial charge in [-0.15, -0.1) is 0 Å². The number of fused-ring (bicyclic) bond motifs is 3. The lowest BCUT2D eigenvalue weighted by Crippen LogP contribution is -2.24. The van der Waals surface area contributed by atoms with Gasteiger partial charge in [0, 0.05) is 12.6 Å². The highest BCUT2D eigenvalue weighted by Crippen LogP contribution is 2.61. The summed E-state index contributed by atoms with van der Waals surface area (Å²) in [6.45, 7) is 0.611. The SMILES string of the molecule is NC(=NCC1C2Cc3ccccc3C12)Nc1cc(F)ccc1F. The molecule has 0 bridgehead atoms. The molecule has 0 aromatic heterocycles. The molecule has 2 aliphatic carbocycles. The van der Waals surface area contributed by atoms with E-state index in [-0.39, 0.29) is 11.6 Å². The molecule has 1 saturated carbocycles. The summed E-state index contributed by atoms with van der Waals surface area (Å²) in [5, 5.41) is 2.63. The van der Waals surface area contributed by atoms with Crippen molar-refractivity contribution in [2.45, 2.75) is 12.3 Å². The molecule has 3 N–H and O–H groups in total. The molecule has 3 unspecified atom stereocenters. The number of hydrogen-bond acceptors (Lipinski definition) is 1. The monoisotopic (exact) mass is 313 g/mol. The molecular weight excluding hydrogens is 296 g/mol. The van der Waals surface area contributed by atoms with Gasteiger partial charge in [0.2, 0.25) is 0 Å². The van der Waals surface area contributed by atoms with E-state index in [4.69, 9.17) is 5.73 Å². The first-order valence-electron chi connectivity index (χ1n) is 7.73. The van der Waals surface area contributed by atoms with Crippen molar-refractivity contribution in [1.29, 1.82) is 0 Å². The lowest BCUT2D eigenvalue weighted by molar-refractivity contribution is 0.604. The van der Waals surface area contributed by atoms with Crippen LogP contribution in [-0.2, 0) is 6.42 Å². The number of hydrogen-bond donors (Lipinski definition) is 2. The van der Waals surface area contributed by atoms with Gasteiger partial charge < -0.3 is 11.1 Å². The number of nitrogens with zero attached hydrogens (tertiary/aromatic N) is 1. The van der Waals surface area contributed by atoms with Crippen LogP contribution in [0.4, 0.5) is 14.5 Å². The Bertz CT molecular complexity index is 788. The standard InChI is InChI=1S/C18H17F2N3/c19-11-5-6-15(20)16(8-11)23-18(21)22-9-14-13-7-10-3-1-2-4-12(10)17(13)14/h1-6,8,13-14,17H,7,9H2,(H3,21,22,23). The topological polar surface area (TPSA) is 50.4 Å². The Labute approximate surface area is 133 Å². The minimum absolute atomic E-state index is 0.00702. The van der Waals surface area contributed by atoms with E-state index in [1.54, 1.807) is 0 Å². The maximum absolute atomic E-state index is 13.6. The number of nitrogens with two attached hydrogens (primary N) is 1. The van der Waals surface area contributed by atoms with Crippen LogP contribution < -0.4 is 11.1 Å². The van der Waals surface area contributed by atoms with Gasteiger partial charge in [-0.05, 0) is 47.4 Å². The molecule has 0 radical (unpaired) electrons. The number of benzene rings is 2. The molecule has 5 heteroatoms.